The van der Waals surface area contributed by atoms with Gasteiger partial charge in [0, 0.05) is 24.0 Å². The second kappa shape index (κ2) is 7.26. The Hall–Kier alpha value is -2.82. The van der Waals surface area contributed by atoms with Crippen LogP contribution in [-0.4, -0.2) is 18.4 Å². The van der Waals surface area contributed by atoms with Crippen molar-refractivity contribution < 1.29 is 9.59 Å². The molecule has 0 radical (unpaired) electrons. The minimum atomic E-state index is -0.131. The van der Waals surface area contributed by atoms with Crippen molar-refractivity contribution >= 4 is 28.9 Å². The maximum atomic E-state index is 11.9. The maximum Gasteiger partial charge on any atom is 0.243 e. The number of rotatable bonds is 5. The van der Waals surface area contributed by atoms with Crippen LogP contribution in [-0.2, 0) is 9.59 Å². The van der Waals surface area contributed by atoms with Crippen LogP contribution < -0.4 is 16.0 Å². The number of carbonyl (C=O) groups excluding carboxylic acids is 2. The molecule has 2 aromatic rings. The van der Waals surface area contributed by atoms with Crippen molar-refractivity contribution in [2.45, 2.75) is 13.8 Å². The van der Waals surface area contributed by atoms with Crippen LogP contribution in [0.3, 0.4) is 0 Å². The standard InChI is InChI=1S/C17H19N3O2/c1-12-6-8-14(9-7-12)20-17(22)11-18-15-4-3-5-16(10-15)19-13(2)21/h3-10,18H,11H2,1-2H3,(H,19,21)(H,20,22). The van der Waals surface area contributed by atoms with E-state index in [-0.39, 0.29) is 18.4 Å². The van der Waals surface area contributed by atoms with Crippen LogP contribution in [0, 0.1) is 6.92 Å². The second-order valence-corrected chi connectivity index (χ2v) is 5.03. The van der Waals surface area contributed by atoms with Crippen molar-refractivity contribution in [1.29, 1.82) is 0 Å². The number of aryl methyl sites for hydroxylation is 1. The average Bonchev–Trinajstić information content (AvgIpc) is 2.47. The molecule has 0 aromatic heterocycles. The zero-order valence-electron chi connectivity index (χ0n) is 12.6. The molecule has 3 N–H and O–H groups in total. The largest absolute Gasteiger partial charge is 0.376 e. The topological polar surface area (TPSA) is 70.2 Å². The monoisotopic (exact) mass is 297 g/mol. The summed E-state index contributed by atoms with van der Waals surface area (Å²) >= 11 is 0. The highest BCUT2D eigenvalue weighted by atomic mass is 16.2. The van der Waals surface area contributed by atoms with Gasteiger partial charge >= 0.3 is 0 Å². The van der Waals surface area contributed by atoms with Crippen molar-refractivity contribution in [3.63, 3.8) is 0 Å². The van der Waals surface area contributed by atoms with E-state index < -0.39 is 0 Å². The van der Waals surface area contributed by atoms with E-state index >= 15 is 0 Å². The number of carbonyl (C=O) groups is 2. The van der Waals surface area contributed by atoms with Gasteiger partial charge in [0.2, 0.25) is 11.8 Å². The van der Waals surface area contributed by atoms with Gasteiger partial charge in [0.25, 0.3) is 0 Å². The molecule has 0 aliphatic carbocycles. The van der Waals surface area contributed by atoms with Gasteiger partial charge < -0.3 is 16.0 Å². The smallest absolute Gasteiger partial charge is 0.243 e. The molecule has 2 rings (SSSR count). The molecule has 0 spiro atoms. The maximum absolute atomic E-state index is 11.9. The molecule has 0 atom stereocenters. The first-order chi connectivity index (χ1) is 10.5. The lowest BCUT2D eigenvalue weighted by Crippen LogP contribution is -2.21. The van der Waals surface area contributed by atoms with E-state index in [0.29, 0.717) is 5.69 Å². The van der Waals surface area contributed by atoms with Crippen molar-refractivity contribution in [2.75, 3.05) is 22.5 Å². The third-order valence-electron chi connectivity index (χ3n) is 2.97. The molecule has 0 saturated carbocycles. The van der Waals surface area contributed by atoms with Gasteiger partial charge in [-0.2, -0.15) is 0 Å². The van der Waals surface area contributed by atoms with Gasteiger partial charge in [0.05, 0.1) is 6.54 Å². The first-order valence-corrected chi connectivity index (χ1v) is 7.01. The molecule has 5 heteroatoms. The number of hydrogen-bond acceptors (Lipinski definition) is 3. The van der Waals surface area contributed by atoms with E-state index in [9.17, 15) is 9.59 Å². The van der Waals surface area contributed by atoms with Gasteiger partial charge in [-0.25, -0.2) is 0 Å². The highest BCUT2D eigenvalue weighted by Gasteiger charge is 2.03. The summed E-state index contributed by atoms with van der Waals surface area (Å²) in [7, 11) is 0. The molecular formula is C17H19N3O2. The zero-order valence-corrected chi connectivity index (χ0v) is 12.6. The van der Waals surface area contributed by atoms with E-state index in [0.717, 1.165) is 16.9 Å². The molecule has 2 amide bonds. The molecule has 5 nitrogen and oxygen atoms in total. The summed E-state index contributed by atoms with van der Waals surface area (Å²) in [6.07, 6.45) is 0. The van der Waals surface area contributed by atoms with Gasteiger partial charge in [-0.15, -0.1) is 0 Å². The zero-order chi connectivity index (χ0) is 15.9. The molecule has 0 aliphatic rings. The molecule has 22 heavy (non-hydrogen) atoms. The number of nitrogens with one attached hydrogen (secondary N) is 3. The van der Waals surface area contributed by atoms with Crippen LogP contribution in [0.2, 0.25) is 0 Å². The summed E-state index contributed by atoms with van der Waals surface area (Å²) in [6.45, 7) is 3.60. The van der Waals surface area contributed by atoms with Gasteiger partial charge in [0.15, 0.2) is 0 Å². The minimum Gasteiger partial charge on any atom is -0.376 e. The summed E-state index contributed by atoms with van der Waals surface area (Å²) in [6, 6.07) is 14.8. The predicted octanol–water partition coefficient (Wildman–Crippen LogP) is 3.00. The third kappa shape index (κ3) is 4.94. The Kier molecular flexibility index (Phi) is 5.14. The van der Waals surface area contributed by atoms with E-state index in [1.807, 2.05) is 43.3 Å². The Morgan fingerprint density at radius 1 is 0.909 bits per heavy atom. The lowest BCUT2D eigenvalue weighted by molar-refractivity contribution is -0.115. The van der Waals surface area contributed by atoms with Crippen molar-refractivity contribution in [1.82, 2.24) is 0 Å². The molecule has 0 unspecified atom stereocenters. The van der Waals surface area contributed by atoms with Crippen molar-refractivity contribution in [3.8, 4) is 0 Å². The fourth-order valence-electron chi connectivity index (χ4n) is 1.93. The third-order valence-corrected chi connectivity index (χ3v) is 2.97. The normalized spacial score (nSPS) is 9.91. The first-order valence-electron chi connectivity index (χ1n) is 7.01. The van der Waals surface area contributed by atoms with E-state index in [2.05, 4.69) is 16.0 Å². The van der Waals surface area contributed by atoms with Gasteiger partial charge in [-0.3, -0.25) is 9.59 Å². The van der Waals surface area contributed by atoms with Gasteiger partial charge in [0.1, 0.15) is 0 Å². The fourth-order valence-corrected chi connectivity index (χ4v) is 1.93. The van der Waals surface area contributed by atoms with E-state index in [1.54, 1.807) is 12.1 Å². The summed E-state index contributed by atoms with van der Waals surface area (Å²) in [5.41, 5.74) is 3.37. The minimum absolute atomic E-state index is 0.130. The van der Waals surface area contributed by atoms with Crippen LogP contribution in [0.5, 0.6) is 0 Å². The summed E-state index contributed by atoms with van der Waals surface area (Å²) in [4.78, 5) is 22.9. The summed E-state index contributed by atoms with van der Waals surface area (Å²) < 4.78 is 0. The Labute approximate surface area is 129 Å². The molecule has 0 heterocycles. The fraction of sp³-hybridized carbons (Fsp3) is 0.176. The van der Waals surface area contributed by atoms with E-state index in [4.69, 9.17) is 0 Å². The number of hydrogen-bond donors (Lipinski definition) is 3. The quantitative estimate of drug-likeness (QED) is 0.794. The lowest BCUT2D eigenvalue weighted by atomic mass is 10.2. The number of amides is 2. The second-order valence-electron chi connectivity index (χ2n) is 5.03. The lowest BCUT2D eigenvalue weighted by Gasteiger charge is -2.09. The van der Waals surface area contributed by atoms with Crippen LogP contribution in [0.25, 0.3) is 0 Å². The number of anilines is 3. The van der Waals surface area contributed by atoms with Crippen LogP contribution >= 0.6 is 0 Å². The molecule has 2 aromatic carbocycles. The Morgan fingerprint density at radius 3 is 2.27 bits per heavy atom. The van der Waals surface area contributed by atoms with Gasteiger partial charge in [-0.1, -0.05) is 23.8 Å². The van der Waals surface area contributed by atoms with Crippen molar-refractivity contribution in [3.05, 3.63) is 54.1 Å². The first kappa shape index (κ1) is 15.6. The molecule has 114 valence electrons. The van der Waals surface area contributed by atoms with Gasteiger partial charge in [-0.05, 0) is 37.3 Å². The van der Waals surface area contributed by atoms with E-state index in [1.165, 1.54) is 6.92 Å². The Balaban J connectivity index is 1.88. The number of benzene rings is 2. The van der Waals surface area contributed by atoms with Crippen LogP contribution in [0.4, 0.5) is 17.1 Å². The van der Waals surface area contributed by atoms with Crippen LogP contribution in [0.15, 0.2) is 48.5 Å². The SMILES string of the molecule is CC(=O)Nc1cccc(NCC(=O)Nc2ccc(C)cc2)c1. The average molecular weight is 297 g/mol. The highest BCUT2D eigenvalue weighted by molar-refractivity contribution is 5.94. The Bertz CT molecular complexity index is 666. The predicted molar refractivity (Wildman–Crippen MR) is 89.0 cm³/mol. The van der Waals surface area contributed by atoms with Crippen LogP contribution in [0.1, 0.15) is 12.5 Å². The molecule has 0 fully saturated rings. The Morgan fingerprint density at radius 2 is 1.59 bits per heavy atom. The summed E-state index contributed by atoms with van der Waals surface area (Å²) in [5, 5.41) is 8.54. The molecule has 0 bridgehead atoms. The summed E-state index contributed by atoms with van der Waals surface area (Å²) in [5.74, 6) is -0.261. The highest BCUT2D eigenvalue weighted by Crippen LogP contribution is 2.15. The molecule has 0 aliphatic heterocycles. The molecular weight excluding hydrogens is 278 g/mol. The van der Waals surface area contributed by atoms with Crippen molar-refractivity contribution in [2.24, 2.45) is 0 Å². The molecule has 0 saturated heterocycles.